The molecule has 11 heteroatoms. The van der Waals surface area contributed by atoms with Gasteiger partial charge in [-0.2, -0.15) is 13.2 Å². The van der Waals surface area contributed by atoms with Gasteiger partial charge in [-0.3, -0.25) is 20.0 Å². The maximum Gasteiger partial charge on any atom is 0.416 e. The molecule has 0 aromatic carbocycles. The number of carbonyl (C=O) groups is 1. The number of ether oxygens (including phenoxy) is 1. The average molecular weight is 390 g/mol. The summed E-state index contributed by atoms with van der Waals surface area (Å²) in [6, 6.07) is 0.382. The van der Waals surface area contributed by atoms with E-state index >= 15 is 0 Å². The number of pyridine rings is 1. The summed E-state index contributed by atoms with van der Waals surface area (Å²) in [5, 5.41) is 13.8. The maximum atomic E-state index is 13.1. The van der Waals surface area contributed by atoms with E-state index < -0.39 is 40.4 Å². The molecule has 0 unspecified atom stereocenters. The first kappa shape index (κ1) is 20.9. The monoisotopic (exact) mass is 390 g/mol. The van der Waals surface area contributed by atoms with Crippen molar-refractivity contribution in [1.29, 1.82) is 0 Å². The Kier molecular flexibility index (Phi) is 5.93. The van der Waals surface area contributed by atoms with E-state index in [1.165, 1.54) is 11.1 Å². The van der Waals surface area contributed by atoms with Gasteiger partial charge in [-0.15, -0.1) is 0 Å². The minimum absolute atomic E-state index is 0.164. The van der Waals surface area contributed by atoms with Crippen molar-refractivity contribution < 1.29 is 27.6 Å². The molecular formula is C16H21F3N4O4. The molecule has 1 aliphatic rings. The van der Waals surface area contributed by atoms with Crippen LogP contribution in [0.3, 0.4) is 0 Å². The van der Waals surface area contributed by atoms with E-state index in [0.717, 1.165) is 12.3 Å². The van der Waals surface area contributed by atoms with E-state index in [2.05, 4.69) is 10.3 Å². The summed E-state index contributed by atoms with van der Waals surface area (Å²) in [5.41, 5.74) is -1.37. The molecular weight excluding hydrogens is 369 g/mol. The molecule has 0 saturated carbocycles. The van der Waals surface area contributed by atoms with E-state index in [9.17, 15) is 28.1 Å². The van der Waals surface area contributed by atoms with Gasteiger partial charge < -0.3 is 10.1 Å². The second-order valence-electron chi connectivity index (χ2n) is 7.30. The van der Waals surface area contributed by atoms with Gasteiger partial charge in [0.25, 0.3) is 0 Å². The molecule has 1 N–H and O–H groups in total. The Bertz CT molecular complexity index is 706. The number of halogens is 3. The number of piperidine rings is 1. The lowest BCUT2D eigenvalue weighted by Gasteiger charge is -2.44. The summed E-state index contributed by atoms with van der Waals surface area (Å²) in [5.74, 6) is -1.91. The highest BCUT2D eigenvalue weighted by Gasteiger charge is 2.46. The third kappa shape index (κ3) is 5.06. The van der Waals surface area contributed by atoms with Gasteiger partial charge >= 0.3 is 18.0 Å². The van der Waals surface area contributed by atoms with Gasteiger partial charge in [0.05, 0.1) is 10.8 Å². The Labute approximate surface area is 153 Å². The first-order chi connectivity index (χ1) is 12.4. The quantitative estimate of drug-likeness (QED) is 0.629. The predicted molar refractivity (Wildman–Crippen MR) is 89.3 cm³/mol. The molecule has 0 radical (unpaired) electrons. The van der Waals surface area contributed by atoms with E-state index in [1.807, 2.05) is 0 Å². The van der Waals surface area contributed by atoms with Crippen LogP contribution >= 0.6 is 0 Å². The van der Waals surface area contributed by atoms with Gasteiger partial charge in [0.2, 0.25) is 5.75 Å². The van der Waals surface area contributed by atoms with Crippen molar-refractivity contribution in [1.82, 2.24) is 15.2 Å². The molecule has 2 atom stereocenters. The number of rotatable bonds is 3. The lowest BCUT2D eigenvalue weighted by molar-refractivity contribution is -0.386. The highest BCUT2D eigenvalue weighted by molar-refractivity contribution is 5.73. The summed E-state index contributed by atoms with van der Waals surface area (Å²) in [6.07, 6.45) is -3.46. The van der Waals surface area contributed by atoms with Crippen molar-refractivity contribution in [3.63, 3.8) is 0 Å². The maximum absolute atomic E-state index is 13.1. The Morgan fingerprint density at radius 3 is 2.59 bits per heavy atom. The van der Waals surface area contributed by atoms with Crippen LogP contribution in [-0.2, 0) is 0 Å². The fraction of sp³-hybridized carbons (Fsp3) is 0.625. The van der Waals surface area contributed by atoms with Crippen molar-refractivity contribution >= 4 is 11.8 Å². The largest absolute Gasteiger partial charge is 0.416 e. The Hall–Kier alpha value is -2.43. The van der Waals surface area contributed by atoms with Crippen molar-refractivity contribution in [2.75, 3.05) is 13.1 Å². The number of nitro groups is 1. The highest BCUT2D eigenvalue weighted by Crippen LogP contribution is 2.34. The molecule has 0 aliphatic carbocycles. The van der Waals surface area contributed by atoms with Crippen molar-refractivity contribution in [2.45, 2.75) is 44.9 Å². The minimum atomic E-state index is -4.39. The number of amides is 1. The molecule has 1 aliphatic heterocycles. The normalized spacial score (nSPS) is 20.8. The summed E-state index contributed by atoms with van der Waals surface area (Å²) in [6.45, 7) is 4.92. The zero-order chi connectivity index (χ0) is 20.4. The zero-order valence-electron chi connectivity index (χ0n) is 15.1. The molecule has 2 rings (SSSR count). The van der Waals surface area contributed by atoms with Crippen LogP contribution in [0, 0.1) is 16.0 Å². The van der Waals surface area contributed by atoms with Gasteiger partial charge in [0.15, 0.2) is 0 Å². The molecule has 8 nitrogen and oxygen atoms in total. The summed E-state index contributed by atoms with van der Waals surface area (Å²) >= 11 is 0. The van der Waals surface area contributed by atoms with Crippen molar-refractivity contribution in [3.8, 4) is 5.75 Å². The lowest BCUT2D eigenvalue weighted by Crippen LogP contribution is -2.59. The zero-order valence-corrected chi connectivity index (χ0v) is 15.1. The van der Waals surface area contributed by atoms with Crippen LogP contribution in [0.2, 0.25) is 0 Å². The van der Waals surface area contributed by atoms with Gasteiger partial charge in [-0.05, 0) is 27.2 Å². The molecule has 150 valence electrons. The molecule has 0 bridgehead atoms. The van der Waals surface area contributed by atoms with E-state index in [-0.39, 0.29) is 25.3 Å². The molecule has 1 saturated heterocycles. The second kappa shape index (κ2) is 7.67. The summed E-state index contributed by atoms with van der Waals surface area (Å²) in [4.78, 5) is 27.9. The number of hydrogen-bond acceptors (Lipinski definition) is 6. The molecule has 27 heavy (non-hydrogen) atoms. The molecule has 1 aromatic rings. The van der Waals surface area contributed by atoms with Crippen molar-refractivity contribution in [2.24, 2.45) is 5.92 Å². The van der Waals surface area contributed by atoms with Gasteiger partial charge in [-0.25, -0.2) is 4.79 Å². The molecule has 1 amide bonds. The Morgan fingerprint density at radius 1 is 1.37 bits per heavy atom. The van der Waals surface area contributed by atoms with Crippen LogP contribution in [0.1, 0.15) is 27.2 Å². The SMILES string of the molecule is CC(C)(C)N(C(=O)Oc1ccncc1[N+](=O)[O-])[C@H]1CNC[C@@H](C(F)(F)F)C1. The number of alkyl halides is 3. The third-order valence-electron chi connectivity index (χ3n) is 4.23. The number of carbonyl (C=O) groups excluding carboxylic acids is 1. The molecule has 0 spiro atoms. The molecule has 1 aromatic heterocycles. The highest BCUT2D eigenvalue weighted by atomic mass is 19.4. The van der Waals surface area contributed by atoms with E-state index in [0.29, 0.717) is 0 Å². The number of aromatic nitrogens is 1. The minimum Gasteiger partial charge on any atom is -0.403 e. The molecule has 2 heterocycles. The third-order valence-corrected chi connectivity index (χ3v) is 4.23. The number of nitrogens with one attached hydrogen (secondary N) is 1. The first-order valence-electron chi connectivity index (χ1n) is 8.28. The van der Waals surface area contributed by atoms with Crippen LogP contribution in [-0.4, -0.2) is 51.7 Å². The first-order valence-corrected chi connectivity index (χ1v) is 8.28. The number of hydrogen-bond donors (Lipinski definition) is 1. The average Bonchev–Trinajstić information content (AvgIpc) is 2.53. The second-order valence-corrected chi connectivity index (χ2v) is 7.30. The lowest BCUT2D eigenvalue weighted by atomic mass is 9.91. The van der Waals surface area contributed by atoms with Gasteiger partial charge in [-0.1, -0.05) is 0 Å². The van der Waals surface area contributed by atoms with Crippen LogP contribution in [0.4, 0.5) is 23.7 Å². The smallest absolute Gasteiger partial charge is 0.403 e. The Morgan fingerprint density at radius 2 is 2.04 bits per heavy atom. The van der Waals surface area contributed by atoms with Gasteiger partial charge in [0.1, 0.15) is 6.20 Å². The van der Waals surface area contributed by atoms with Gasteiger partial charge in [0, 0.05) is 36.9 Å². The topological polar surface area (TPSA) is 97.6 Å². The van der Waals surface area contributed by atoms with Crippen LogP contribution in [0.15, 0.2) is 18.5 Å². The van der Waals surface area contributed by atoms with Crippen LogP contribution in [0.5, 0.6) is 5.75 Å². The van der Waals surface area contributed by atoms with E-state index in [4.69, 9.17) is 4.74 Å². The fourth-order valence-corrected chi connectivity index (χ4v) is 3.08. The fourth-order valence-electron chi connectivity index (χ4n) is 3.08. The Balaban J connectivity index is 2.27. The number of nitrogens with zero attached hydrogens (tertiary/aromatic N) is 3. The van der Waals surface area contributed by atoms with Crippen LogP contribution in [0.25, 0.3) is 0 Å². The van der Waals surface area contributed by atoms with E-state index in [1.54, 1.807) is 20.8 Å². The summed E-state index contributed by atoms with van der Waals surface area (Å²) in [7, 11) is 0. The standard InChI is InChI=1S/C16H21F3N4O4/c1-15(2,3)22(11-6-10(7-21-8-11)16(17,18)19)14(24)27-13-4-5-20-9-12(13)23(25)26/h4-5,9-11,21H,6-8H2,1-3H3/t10-,11+/m0/s1. The predicted octanol–water partition coefficient (Wildman–Crippen LogP) is 3.13. The molecule has 1 fully saturated rings. The van der Waals surface area contributed by atoms with Crippen molar-refractivity contribution in [3.05, 3.63) is 28.6 Å². The van der Waals surface area contributed by atoms with Crippen LogP contribution < -0.4 is 10.1 Å². The summed E-state index contributed by atoms with van der Waals surface area (Å²) < 4.78 is 44.5.